The number of rotatable bonds is 3. The maximum atomic E-state index is 11.4. The molecule has 0 radical (unpaired) electrons. The largest absolute Gasteiger partial charge is 0.480 e. The van der Waals surface area contributed by atoms with Gasteiger partial charge in [0, 0.05) is 5.75 Å². The van der Waals surface area contributed by atoms with Crippen molar-refractivity contribution >= 4 is 46.0 Å². The van der Waals surface area contributed by atoms with Crippen molar-refractivity contribution in [2.45, 2.75) is 25.3 Å². The van der Waals surface area contributed by atoms with Crippen LogP contribution in [0.5, 0.6) is 0 Å². The third-order valence-electron chi connectivity index (χ3n) is 3.13. The molecule has 3 nitrogen and oxygen atoms in total. The molecular weight excluding hydrogens is 310 g/mol. The van der Waals surface area contributed by atoms with Gasteiger partial charge in [-0.2, -0.15) is 0 Å². The number of hydrogen-bond acceptors (Lipinski definition) is 4. The quantitative estimate of drug-likeness (QED) is 0.857. The van der Waals surface area contributed by atoms with Crippen LogP contribution in [0.4, 0.5) is 0 Å². The van der Waals surface area contributed by atoms with E-state index in [-0.39, 0.29) is 5.37 Å². The molecule has 1 aromatic rings. The maximum absolute atomic E-state index is 11.4. The summed E-state index contributed by atoms with van der Waals surface area (Å²) < 4.78 is 0.676. The van der Waals surface area contributed by atoms with Gasteiger partial charge < -0.3 is 10.0 Å². The summed E-state index contributed by atoms with van der Waals surface area (Å²) >= 11 is 8.60. The van der Waals surface area contributed by atoms with E-state index in [9.17, 15) is 9.90 Å². The lowest BCUT2D eigenvalue weighted by atomic mass is 10.1. The Morgan fingerprint density at radius 1 is 1.50 bits per heavy atom. The van der Waals surface area contributed by atoms with Crippen molar-refractivity contribution in [1.29, 1.82) is 0 Å². The Balaban J connectivity index is 2.29. The Hall–Kier alpha value is -0.720. The van der Waals surface area contributed by atoms with Gasteiger partial charge in [0.25, 0.3) is 0 Å². The number of thiocarbonyl (C=S) groups is 1. The standard InChI is InChI=1S/C14H17NO2S3/c1-3-19-14(18)15-11(13(16)17)8-20-12(15)10-6-4-9(2)5-7-10/h4-7,11-12H,3,8H2,1-2H3,(H,16,17)/t11-,12?/m0/s1. The second kappa shape index (κ2) is 6.83. The smallest absolute Gasteiger partial charge is 0.327 e. The number of aryl methyl sites for hydroxylation is 1. The molecular formula is C14H17NO2S3. The van der Waals surface area contributed by atoms with E-state index >= 15 is 0 Å². The SMILES string of the molecule is CCSC(=S)N1C(c2ccc(C)cc2)SC[C@H]1C(=O)O. The summed E-state index contributed by atoms with van der Waals surface area (Å²) in [5, 5.41) is 9.39. The molecule has 108 valence electrons. The molecule has 1 heterocycles. The van der Waals surface area contributed by atoms with Crippen molar-refractivity contribution in [3.05, 3.63) is 35.4 Å². The molecule has 1 saturated heterocycles. The van der Waals surface area contributed by atoms with Crippen LogP contribution in [0.3, 0.4) is 0 Å². The Morgan fingerprint density at radius 2 is 2.15 bits per heavy atom. The number of hydrogen-bond donors (Lipinski definition) is 1. The number of benzene rings is 1. The first-order valence-electron chi connectivity index (χ1n) is 6.40. The highest BCUT2D eigenvalue weighted by Crippen LogP contribution is 2.43. The van der Waals surface area contributed by atoms with Crippen LogP contribution in [0.2, 0.25) is 0 Å². The topological polar surface area (TPSA) is 40.5 Å². The molecule has 20 heavy (non-hydrogen) atoms. The van der Waals surface area contributed by atoms with Crippen LogP contribution in [0, 0.1) is 6.92 Å². The summed E-state index contributed by atoms with van der Waals surface area (Å²) in [5.41, 5.74) is 2.31. The van der Waals surface area contributed by atoms with Crippen LogP contribution in [-0.2, 0) is 4.79 Å². The highest BCUT2D eigenvalue weighted by Gasteiger charge is 2.40. The van der Waals surface area contributed by atoms with Gasteiger partial charge in [0.05, 0.1) is 0 Å². The lowest BCUT2D eigenvalue weighted by Gasteiger charge is -2.29. The van der Waals surface area contributed by atoms with Crippen molar-refractivity contribution < 1.29 is 9.90 Å². The molecule has 6 heteroatoms. The minimum atomic E-state index is -0.800. The highest BCUT2D eigenvalue weighted by molar-refractivity contribution is 8.23. The number of carbonyl (C=O) groups is 1. The third kappa shape index (κ3) is 3.30. The molecule has 0 aliphatic carbocycles. The zero-order chi connectivity index (χ0) is 14.7. The summed E-state index contributed by atoms with van der Waals surface area (Å²) in [6, 6.07) is 7.70. The molecule has 2 atom stereocenters. The van der Waals surface area contributed by atoms with Gasteiger partial charge in [0.15, 0.2) is 0 Å². The van der Waals surface area contributed by atoms with Gasteiger partial charge in [-0.25, -0.2) is 4.79 Å². The molecule has 0 saturated carbocycles. The van der Waals surface area contributed by atoms with E-state index in [0.29, 0.717) is 10.1 Å². The predicted molar refractivity (Wildman–Crippen MR) is 90.4 cm³/mol. The highest BCUT2D eigenvalue weighted by atomic mass is 32.2. The van der Waals surface area contributed by atoms with Gasteiger partial charge in [-0.05, 0) is 18.2 Å². The summed E-state index contributed by atoms with van der Waals surface area (Å²) in [6.45, 7) is 4.07. The first-order valence-corrected chi connectivity index (χ1v) is 8.85. The molecule has 0 amide bonds. The van der Waals surface area contributed by atoms with Gasteiger partial charge in [-0.1, -0.05) is 60.7 Å². The Labute approximate surface area is 133 Å². The zero-order valence-corrected chi connectivity index (χ0v) is 13.9. The van der Waals surface area contributed by atoms with Crippen molar-refractivity contribution in [2.75, 3.05) is 11.5 Å². The third-order valence-corrected chi connectivity index (χ3v) is 5.76. The van der Waals surface area contributed by atoms with Gasteiger partial charge >= 0.3 is 5.97 Å². The van der Waals surface area contributed by atoms with Crippen molar-refractivity contribution in [2.24, 2.45) is 0 Å². The molecule has 0 bridgehead atoms. The number of carboxylic acids is 1. The van der Waals surface area contributed by atoms with Gasteiger partial charge in [-0.3, -0.25) is 0 Å². The van der Waals surface area contributed by atoms with Gasteiger partial charge in [0.1, 0.15) is 15.7 Å². The molecule has 1 N–H and O–H groups in total. The van der Waals surface area contributed by atoms with Crippen LogP contribution < -0.4 is 0 Å². The summed E-state index contributed by atoms with van der Waals surface area (Å²) in [7, 11) is 0. The van der Waals surface area contributed by atoms with E-state index in [1.165, 1.54) is 17.3 Å². The van der Waals surface area contributed by atoms with Gasteiger partial charge in [0.2, 0.25) is 0 Å². The van der Waals surface area contributed by atoms with E-state index in [1.54, 1.807) is 11.8 Å². The summed E-state index contributed by atoms with van der Waals surface area (Å²) in [5.74, 6) is 0.622. The fraction of sp³-hybridized carbons (Fsp3) is 0.429. The Bertz CT molecular complexity index is 504. The Kier molecular flexibility index (Phi) is 5.35. The van der Waals surface area contributed by atoms with Crippen LogP contribution in [0.15, 0.2) is 24.3 Å². The molecule has 1 aromatic carbocycles. The number of carboxylic acid groups (broad SMARTS) is 1. The summed E-state index contributed by atoms with van der Waals surface area (Å²) in [4.78, 5) is 13.3. The van der Waals surface area contributed by atoms with E-state index in [2.05, 4.69) is 24.3 Å². The van der Waals surface area contributed by atoms with Crippen LogP contribution >= 0.6 is 35.7 Å². The molecule has 1 aliphatic heterocycles. The minimum Gasteiger partial charge on any atom is -0.480 e. The van der Waals surface area contributed by atoms with E-state index in [0.717, 1.165) is 11.3 Å². The summed E-state index contributed by atoms with van der Waals surface area (Å²) in [6.07, 6.45) is 0. The number of aliphatic carboxylic acids is 1. The predicted octanol–water partition coefficient (Wildman–Crippen LogP) is 3.53. The normalized spacial score (nSPS) is 22.0. The molecule has 0 aromatic heterocycles. The van der Waals surface area contributed by atoms with E-state index in [1.807, 2.05) is 18.7 Å². The second-order valence-electron chi connectivity index (χ2n) is 4.56. The molecule has 1 fully saturated rings. The Morgan fingerprint density at radius 3 is 2.70 bits per heavy atom. The first-order chi connectivity index (χ1) is 9.54. The second-order valence-corrected chi connectivity index (χ2v) is 7.57. The molecule has 1 unspecified atom stereocenters. The molecule has 1 aliphatic rings. The maximum Gasteiger partial charge on any atom is 0.327 e. The van der Waals surface area contributed by atoms with Crippen LogP contribution in [0.25, 0.3) is 0 Å². The van der Waals surface area contributed by atoms with Gasteiger partial charge in [-0.15, -0.1) is 11.8 Å². The average molecular weight is 327 g/mol. The van der Waals surface area contributed by atoms with Crippen molar-refractivity contribution in [1.82, 2.24) is 4.90 Å². The molecule has 0 spiro atoms. The first kappa shape index (κ1) is 15.7. The zero-order valence-electron chi connectivity index (χ0n) is 11.4. The fourth-order valence-electron chi connectivity index (χ4n) is 2.11. The van der Waals surface area contributed by atoms with E-state index < -0.39 is 12.0 Å². The van der Waals surface area contributed by atoms with Crippen LogP contribution in [0.1, 0.15) is 23.4 Å². The average Bonchev–Trinajstić information content (AvgIpc) is 2.84. The lowest BCUT2D eigenvalue weighted by Crippen LogP contribution is -2.41. The minimum absolute atomic E-state index is 0.00301. The number of thioether (sulfide) groups is 2. The monoisotopic (exact) mass is 327 g/mol. The van der Waals surface area contributed by atoms with Crippen molar-refractivity contribution in [3.63, 3.8) is 0 Å². The van der Waals surface area contributed by atoms with Crippen molar-refractivity contribution in [3.8, 4) is 0 Å². The van der Waals surface area contributed by atoms with Crippen LogP contribution in [-0.4, -0.2) is 37.8 Å². The molecule has 2 rings (SSSR count). The lowest BCUT2D eigenvalue weighted by molar-refractivity contribution is -0.140. The van der Waals surface area contributed by atoms with E-state index in [4.69, 9.17) is 12.2 Å². The number of nitrogens with zero attached hydrogens (tertiary/aromatic N) is 1. The fourth-order valence-corrected chi connectivity index (χ4v) is 4.88.